The Morgan fingerprint density at radius 3 is 2.42 bits per heavy atom. The third kappa shape index (κ3) is 4.14. The Kier molecular flexibility index (Phi) is 5.87. The van der Waals surface area contributed by atoms with Crippen LogP contribution in [-0.2, 0) is 9.53 Å². The van der Waals surface area contributed by atoms with Gasteiger partial charge in [0.15, 0.2) is 11.9 Å². The van der Waals surface area contributed by atoms with E-state index in [4.69, 9.17) is 4.74 Å². The molecule has 0 saturated heterocycles. The molecule has 2 aromatic rings. The second kappa shape index (κ2) is 7.91. The van der Waals surface area contributed by atoms with E-state index in [1.807, 2.05) is 0 Å². The number of nitrogens with one attached hydrogen (secondary N) is 1. The molecule has 0 unspecified atom stereocenters. The number of carbonyl (C=O) groups is 3. The molecule has 1 N–H and O–H groups in total. The molecule has 2 rings (SSSR count). The molecule has 0 spiro atoms. The summed E-state index contributed by atoms with van der Waals surface area (Å²) in [5.41, 5.74) is 2.07. The van der Waals surface area contributed by atoms with Crippen LogP contribution in [0, 0.1) is 19.7 Å². The molecule has 136 valence electrons. The summed E-state index contributed by atoms with van der Waals surface area (Å²) in [6.07, 6.45) is 1.30. The zero-order valence-electron chi connectivity index (χ0n) is 15.1. The first-order chi connectivity index (χ1) is 12.2. The number of rotatable bonds is 6. The summed E-state index contributed by atoms with van der Waals surface area (Å²) in [6, 6.07) is 5.98. The smallest absolute Gasteiger partial charge is 0.331 e. The minimum atomic E-state index is -1.05. The van der Waals surface area contributed by atoms with E-state index >= 15 is 0 Å². The molecule has 0 amide bonds. The average Bonchev–Trinajstić information content (AvgIpc) is 2.87. The van der Waals surface area contributed by atoms with Gasteiger partial charge in [0.2, 0.25) is 5.78 Å². The highest BCUT2D eigenvalue weighted by Gasteiger charge is 2.25. The fourth-order valence-electron chi connectivity index (χ4n) is 2.76. The Morgan fingerprint density at radius 1 is 1.19 bits per heavy atom. The number of aryl methyl sites for hydroxylation is 1. The summed E-state index contributed by atoms with van der Waals surface area (Å²) in [5.74, 6) is -1.81. The molecule has 0 aliphatic rings. The molecule has 26 heavy (non-hydrogen) atoms. The van der Waals surface area contributed by atoms with Crippen molar-refractivity contribution in [3.05, 3.63) is 64.2 Å². The molecule has 1 heterocycles. The normalized spacial score (nSPS) is 12.2. The number of carbonyl (C=O) groups excluding carboxylic acids is 3. The lowest BCUT2D eigenvalue weighted by atomic mass is 10.0. The number of aromatic amines is 1. The van der Waals surface area contributed by atoms with Crippen LogP contribution in [0.5, 0.6) is 0 Å². The molecule has 0 aliphatic heterocycles. The van der Waals surface area contributed by atoms with E-state index in [1.165, 1.54) is 32.1 Å². The van der Waals surface area contributed by atoms with Crippen LogP contribution in [0.15, 0.2) is 30.3 Å². The van der Waals surface area contributed by atoms with Gasteiger partial charge in [0.05, 0.1) is 5.69 Å². The van der Waals surface area contributed by atoms with Crippen molar-refractivity contribution in [2.75, 3.05) is 0 Å². The predicted octanol–water partition coefficient (Wildman–Crippen LogP) is 3.80. The highest BCUT2D eigenvalue weighted by molar-refractivity contribution is 6.05. The Morgan fingerprint density at radius 2 is 1.85 bits per heavy atom. The Balaban J connectivity index is 2.10. The third-order valence-corrected chi connectivity index (χ3v) is 4.00. The lowest BCUT2D eigenvalue weighted by Gasteiger charge is -2.10. The van der Waals surface area contributed by atoms with Gasteiger partial charge < -0.3 is 9.72 Å². The Bertz CT molecular complexity index is 895. The van der Waals surface area contributed by atoms with Crippen molar-refractivity contribution in [3.63, 3.8) is 0 Å². The molecular formula is C20H20FNO4. The zero-order chi connectivity index (χ0) is 19.4. The minimum absolute atomic E-state index is 0.146. The first-order valence-electron chi connectivity index (χ1n) is 8.10. The Labute approximate surface area is 150 Å². The number of esters is 1. The van der Waals surface area contributed by atoms with Gasteiger partial charge in [-0.1, -0.05) is 18.2 Å². The quantitative estimate of drug-likeness (QED) is 0.485. The number of hydrogen-bond acceptors (Lipinski definition) is 4. The van der Waals surface area contributed by atoms with Gasteiger partial charge in [0.25, 0.3) is 0 Å². The summed E-state index contributed by atoms with van der Waals surface area (Å²) in [5, 5.41) is 0. The first kappa shape index (κ1) is 19.3. The zero-order valence-corrected chi connectivity index (χ0v) is 15.1. The molecule has 0 saturated carbocycles. The molecule has 0 radical (unpaired) electrons. The number of ketones is 2. The lowest BCUT2D eigenvalue weighted by Crippen LogP contribution is -2.24. The molecule has 6 heteroatoms. The van der Waals surface area contributed by atoms with E-state index in [9.17, 15) is 18.8 Å². The number of halogens is 1. The van der Waals surface area contributed by atoms with Crippen molar-refractivity contribution in [2.24, 2.45) is 0 Å². The van der Waals surface area contributed by atoms with Crippen molar-refractivity contribution in [3.8, 4) is 0 Å². The molecule has 0 fully saturated rings. The number of benzene rings is 1. The van der Waals surface area contributed by atoms with Crippen LogP contribution in [0.3, 0.4) is 0 Å². The van der Waals surface area contributed by atoms with Crippen molar-refractivity contribution in [1.29, 1.82) is 0 Å². The molecular weight excluding hydrogens is 337 g/mol. The molecule has 1 atom stereocenters. The topological polar surface area (TPSA) is 76.2 Å². The maximum atomic E-state index is 13.5. The van der Waals surface area contributed by atoms with Crippen molar-refractivity contribution in [2.45, 2.75) is 33.8 Å². The van der Waals surface area contributed by atoms with Gasteiger partial charge in [-0.25, -0.2) is 9.18 Å². The molecule has 0 bridgehead atoms. The summed E-state index contributed by atoms with van der Waals surface area (Å²) in [7, 11) is 0. The largest absolute Gasteiger partial charge is 0.451 e. The van der Waals surface area contributed by atoms with Crippen LogP contribution >= 0.6 is 0 Å². The number of hydrogen-bond donors (Lipinski definition) is 1. The summed E-state index contributed by atoms with van der Waals surface area (Å²) in [6.45, 7) is 6.24. The maximum Gasteiger partial charge on any atom is 0.331 e. The number of aromatic nitrogens is 1. The average molecular weight is 357 g/mol. The van der Waals surface area contributed by atoms with Crippen LogP contribution in [0.25, 0.3) is 6.08 Å². The fourth-order valence-corrected chi connectivity index (χ4v) is 2.76. The first-order valence-corrected chi connectivity index (χ1v) is 8.10. The van der Waals surface area contributed by atoms with Crippen LogP contribution in [0.4, 0.5) is 4.39 Å². The lowest BCUT2D eigenvalue weighted by molar-refractivity contribution is -0.140. The molecule has 1 aromatic carbocycles. The highest BCUT2D eigenvalue weighted by atomic mass is 19.1. The van der Waals surface area contributed by atoms with E-state index in [0.717, 1.165) is 6.08 Å². The summed E-state index contributed by atoms with van der Waals surface area (Å²) >= 11 is 0. The summed E-state index contributed by atoms with van der Waals surface area (Å²) in [4.78, 5) is 39.0. The number of H-pyrrole nitrogens is 1. The minimum Gasteiger partial charge on any atom is -0.451 e. The van der Waals surface area contributed by atoms with Crippen LogP contribution in [0.2, 0.25) is 0 Å². The van der Waals surface area contributed by atoms with Gasteiger partial charge in [-0.05, 0) is 45.4 Å². The standard InChI is InChI=1S/C20H20FNO4/c1-11-18(13(3)23)12(2)22-19(11)20(25)14(4)26-17(24)10-9-15-7-5-6-8-16(15)21/h5-10,14,22H,1-4H3/b10-9+/t14-/m0/s1. The second-order valence-corrected chi connectivity index (χ2v) is 5.98. The van der Waals surface area contributed by atoms with E-state index in [1.54, 1.807) is 26.0 Å². The number of ether oxygens (including phenoxy) is 1. The van der Waals surface area contributed by atoms with Gasteiger partial charge in [-0.2, -0.15) is 0 Å². The fraction of sp³-hybridized carbons (Fsp3) is 0.250. The van der Waals surface area contributed by atoms with Crippen molar-refractivity contribution >= 4 is 23.6 Å². The van der Waals surface area contributed by atoms with Crippen LogP contribution in [0.1, 0.15) is 51.5 Å². The van der Waals surface area contributed by atoms with Gasteiger partial charge in [-0.15, -0.1) is 0 Å². The number of Topliss-reactive ketones (excluding diaryl/α,β-unsaturated/α-hetero) is 2. The van der Waals surface area contributed by atoms with Crippen LogP contribution < -0.4 is 0 Å². The van der Waals surface area contributed by atoms with E-state index < -0.39 is 23.7 Å². The van der Waals surface area contributed by atoms with Gasteiger partial charge >= 0.3 is 5.97 Å². The van der Waals surface area contributed by atoms with Crippen molar-refractivity contribution in [1.82, 2.24) is 4.98 Å². The third-order valence-electron chi connectivity index (χ3n) is 4.00. The van der Waals surface area contributed by atoms with E-state index in [2.05, 4.69) is 4.98 Å². The second-order valence-electron chi connectivity index (χ2n) is 5.98. The Hall–Kier alpha value is -3.02. The highest BCUT2D eigenvalue weighted by Crippen LogP contribution is 2.20. The van der Waals surface area contributed by atoms with Crippen LogP contribution in [-0.4, -0.2) is 28.6 Å². The predicted molar refractivity (Wildman–Crippen MR) is 95.6 cm³/mol. The van der Waals surface area contributed by atoms with E-state index in [0.29, 0.717) is 16.8 Å². The van der Waals surface area contributed by atoms with Gasteiger partial charge in [0, 0.05) is 22.9 Å². The summed E-state index contributed by atoms with van der Waals surface area (Å²) < 4.78 is 18.6. The van der Waals surface area contributed by atoms with Gasteiger partial charge in [0.1, 0.15) is 5.82 Å². The maximum absolute atomic E-state index is 13.5. The SMILES string of the molecule is CC(=O)c1c(C)[nH]c(C(=O)[C@H](C)OC(=O)/C=C/c2ccccc2F)c1C. The van der Waals surface area contributed by atoms with E-state index in [-0.39, 0.29) is 17.0 Å². The van der Waals surface area contributed by atoms with Gasteiger partial charge in [-0.3, -0.25) is 9.59 Å². The molecule has 1 aromatic heterocycles. The van der Waals surface area contributed by atoms with Crippen molar-refractivity contribution < 1.29 is 23.5 Å². The molecule has 5 nitrogen and oxygen atoms in total. The molecule has 0 aliphatic carbocycles. The monoisotopic (exact) mass is 357 g/mol.